The highest BCUT2D eigenvalue weighted by Gasteiger charge is 2.22. The monoisotopic (exact) mass is 350 g/mol. The van der Waals surface area contributed by atoms with Gasteiger partial charge < -0.3 is 10.2 Å². The van der Waals surface area contributed by atoms with Crippen molar-refractivity contribution in [2.75, 3.05) is 31.6 Å². The number of piperidine rings is 1. The topological polar surface area (TPSA) is 69.7 Å². The highest BCUT2D eigenvalue weighted by Crippen LogP contribution is 2.25. The molecule has 0 radical (unpaired) electrons. The van der Waals surface area contributed by atoms with Gasteiger partial charge in [0.1, 0.15) is 5.69 Å². The molecule has 1 aliphatic heterocycles. The lowest BCUT2D eigenvalue weighted by atomic mass is 9.97. The Morgan fingerprint density at radius 1 is 1.43 bits per heavy atom. The van der Waals surface area contributed by atoms with Crippen molar-refractivity contribution in [1.29, 1.82) is 0 Å². The third-order valence-corrected chi connectivity index (χ3v) is 4.49. The van der Waals surface area contributed by atoms with Crippen LogP contribution >= 0.6 is 15.9 Å². The summed E-state index contributed by atoms with van der Waals surface area (Å²) >= 11 is 3.49. The molecule has 1 saturated heterocycles. The maximum Gasteiger partial charge on any atom is 0.245 e. The number of hydrogen-bond acceptors (Lipinski definition) is 5. The molecule has 0 aliphatic carbocycles. The second-order valence-electron chi connectivity index (χ2n) is 5.31. The van der Waals surface area contributed by atoms with Crippen molar-refractivity contribution in [3.63, 3.8) is 0 Å². The SMILES string of the molecule is CNCC1CCN(c2n[nH]c(-c3ncccc3Br)n2)CC1. The first-order valence-electron chi connectivity index (χ1n) is 7.20. The zero-order valence-corrected chi connectivity index (χ0v) is 13.6. The summed E-state index contributed by atoms with van der Waals surface area (Å²) in [6, 6.07) is 3.84. The molecule has 0 amide bonds. The number of halogens is 1. The molecule has 7 heteroatoms. The Morgan fingerprint density at radius 2 is 2.24 bits per heavy atom. The van der Waals surface area contributed by atoms with Gasteiger partial charge in [-0.25, -0.2) is 0 Å². The molecule has 3 rings (SSSR count). The Labute approximate surface area is 132 Å². The smallest absolute Gasteiger partial charge is 0.245 e. The lowest BCUT2D eigenvalue weighted by Crippen LogP contribution is -2.37. The molecule has 0 bridgehead atoms. The van der Waals surface area contributed by atoms with E-state index in [1.807, 2.05) is 19.2 Å². The summed E-state index contributed by atoms with van der Waals surface area (Å²) in [4.78, 5) is 11.2. The van der Waals surface area contributed by atoms with Crippen molar-refractivity contribution in [3.8, 4) is 11.5 Å². The molecule has 2 N–H and O–H groups in total. The summed E-state index contributed by atoms with van der Waals surface area (Å²) in [7, 11) is 2.01. The number of anilines is 1. The second kappa shape index (κ2) is 6.53. The van der Waals surface area contributed by atoms with Gasteiger partial charge in [-0.2, -0.15) is 4.98 Å². The van der Waals surface area contributed by atoms with Gasteiger partial charge in [0, 0.05) is 23.8 Å². The van der Waals surface area contributed by atoms with Crippen LogP contribution in [-0.2, 0) is 0 Å². The minimum atomic E-state index is 0.704. The number of H-pyrrole nitrogens is 1. The predicted octanol–water partition coefficient (Wildman–Crippen LogP) is 2.06. The Kier molecular flexibility index (Phi) is 4.50. The summed E-state index contributed by atoms with van der Waals surface area (Å²) in [6.07, 6.45) is 4.11. The first-order chi connectivity index (χ1) is 10.3. The molecule has 112 valence electrons. The van der Waals surface area contributed by atoms with Gasteiger partial charge in [0.25, 0.3) is 0 Å². The fourth-order valence-corrected chi connectivity index (χ4v) is 3.13. The van der Waals surface area contributed by atoms with Crippen molar-refractivity contribution in [1.82, 2.24) is 25.5 Å². The third-order valence-electron chi connectivity index (χ3n) is 3.85. The van der Waals surface area contributed by atoms with E-state index < -0.39 is 0 Å². The van der Waals surface area contributed by atoms with Crippen LogP contribution in [0.2, 0.25) is 0 Å². The van der Waals surface area contributed by atoms with E-state index in [0.29, 0.717) is 5.82 Å². The van der Waals surface area contributed by atoms with Crippen molar-refractivity contribution in [2.24, 2.45) is 5.92 Å². The Hall–Kier alpha value is -1.47. The van der Waals surface area contributed by atoms with E-state index in [2.05, 4.69) is 46.3 Å². The minimum Gasteiger partial charge on any atom is -0.340 e. The van der Waals surface area contributed by atoms with Gasteiger partial charge in [-0.1, -0.05) is 0 Å². The Morgan fingerprint density at radius 3 is 2.95 bits per heavy atom. The Balaban J connectivity index is 1.70. The fourth-order valence-electron chi connectivity index (χ4n) is 2.69. The van der Waals surface area contributed by atoms with Crippen molar-refractivity contribution < 1.29 is 0 Å². The molecule has 0 saturated carbocycles. The van der Waals surface area contributed by atoms with E-state index in [1.54, 1.807) is 6.20 Å². The zero-order valence-electron chi connectivity index (χ0n) is 12.0. The molecule has 0 spiro atoms. The van der Waals surface area contributed by atoms with Crippen LogP contribution in [0, 0.1) is 5.92 Å². The molecule has 1 fully saturated rings. The van der Waals surface area contributed by atoms with Gasteiger partial charge in [-0.05, 0) is 60.4 Å². The van der Waals surface area contributed by atoms with Crippen LogP contribution in [0.15, 0.2) is 22.8 Å². The van der Waals surface area contributed by atoms with Gasteiger partial charge in [0.05, 0.1) is 0 Å². The highest BCUT2D eigenvalue weighted by molar-refractivity contribution is 9.10. The number of aromatic nitrogens is 4. The summed E-state index contributed by atoms with van der Waals surface area (Å²) in [5.74, 6) is 2.23. The largest absolute Gasteiger partial charge is 0.340 e. The average Bonchev–Trinajstić information content (AvgIpc) is 2.98. The molecule has 0 atom stereocenters. The maximum absolute atomic E-state index is 4.59. The first kappa shape index (κ1) is 14.5. The maximum atomic E-state index is 4.59. The third kappa shape index (κ3) is 3.24. The summed E-state index contributed by atoms with van der Waals surface area (Å²) in [5, 5.41) is 10.6. The summed E-state index contributed by atoms with van der Waals surface area (Å²) < 4.78 is 0.917. The number of nitrogens with zero attached hydrogens (tertiary/aromatic N) is 4. The molecule has 1 aliphatic rings. The number of hydrogen-bond donors (Lipinski definition) is 2. The second-order valence-corrected chi connectivity index (χ2v) is 6.16. The Bertz CT molecular complexity index is 591. The van der Waals surface area contributed by atoms with Crippen molar-refractivity contribution in [3.05, 3.63) is 22.8 Å². The number of nitrogens with one attached hydrogen (secondary N) is 2. The van der Waals surface area contributed by atoms with Gasteiger partial charge in [0.15, 0.2) is 5.82 Å². The first-order valence-corrected chi connectivity index (χ1v) is 8.00. The van der Waals surface area contributed by atoms with E-state index in [1.165, 1.54) is 12.8 Å². The quantitative estimate of drug-likeness (QED) is 0.883. The van der Waals surface area contributed by atoms with Crippen LogP contribution in [0.5, 0.6) is 0 Å². The van der Waals surface area contributed by atoms with Crippen LogP contribution in [-0.4, -0.2) is 46.8 Å². The molecule has 2 aromatic heterocycles. The molecule has 3 heterocycles. The lowest BCUT2D eigenvalue weighted by molar-refractivity contribution is 0.391. The molecule has 6 nitrogen and oxygen atoms in total. The molecular formula is C14H19BrN6. The van der Waals surface area contributed by atoms with Gasteiger partial charge in [-0.3, -0.25) is 10.1 Å². The summed E-state index contributed by atoms with van der Waals surface area (Å²) in [6.45, 7) is 3.11. The number of rotatable bonds is 4. The van der Waals surface area contributed by atoms with E-state index >= 15 is 0 Å². The molecule has 21 heavy (non-hydrogen) atoms. The zero-order chi connectivity index (χ0) is 14.7. The van der Waals surface area contributed by atoms with E-state index in [9.17, 15) is 0 Å². The number of aromatic amines is 1. The average molecular weight is 351 g/mol. The van der Waals surface area contributed by atoms with Gasteiger partial charge in [0.2, 0.25) is 5.95 Å². The van der Waals surface area contributed by atoms with E-state index in [4.69, 9.17) is 0 Å². The number of pyridine rings is 1. The minimum absolute atomic E-state index is 0.704. The molecule has 0 aromatic carbocycles. The molecular weight excluding hydrogens is 332 g/mol. The van der Waals surface area contributed by atoms with Crippen LogP contribution in [0.1, 0.15) is 12.8 Å². The van der Waals surface area contributed by atoms with Crippen LogP contribution in [0.4, 0.5) is 5.95 Å². The lowest BCUT2D eigenvalue weighted by Gasteiger charge is -2.30. The fraction of sp³-hybridized carbons (Fsp3) is 0.500. The van der Waals surface area contributed by atoms with Crippen molar-refractivity contribution in [2.45, 2.75) is 12.8 Å². The van der Waals surface area contributed by atoms with Crippen LogP contribution in [0.3, 0.4) is 0 Å². The van der Waals surface area contributed by atoms with E-state index in [0.717, 1.165) is 41.7 Å². The normalized spacial score (nSPS) is 16.4. The highest BCUT2D eigenvalue weighted by atomic mass is 79.9. The van der Waals surface area contributed by atoms with E-state index in [-0.39, 0.29) is 0 Å². The van der Waals surface area contributed by atoms with Gasteiger partial charge >= 0.3 is 0 Å². The van der Waals surface area contributed by atoms with Crippen molar-refractivity contribution >= 4 is 21.9 Å². The van der Waals surface area contributed by atoms with Crippen LogP contribution < -0.4 is 10.2 Å². The summed E-state index contributed by atoms with van der Waals surface area (Å²) in [5.41, 5.74) is 0.793. The predicted molar refractivity (Wildman–Crippen MR) is 86.2 cm³/mol. The van der Waals surface area contributed by atoms with Crippen LogP contribution in [0.25, 0.3) is 11.5 Å². The molecule has 0 unspecified atom stereocenters. The standard InChI is InChI=1S/C14H19BrN6/c1-16-9-10-4-7-21(8-5-10)14-18-13(19-20-14)12-11(15)3-2-6-17-12/h2-3,6,10,16H,4-5,7-9H2,1H3,(H,18,19,20). The molecule has 2 aromatic rings. The van der Waals surface area contributed by atoms with Gasteiger partial charge in [-0.15, -0.1) is 5.10 Å².